The van der Waals surface area contributed by atoms with Gasteiger partial charge in [0.05, 0.1) is 16.3 Å². The molecule has 2 aromatic heterocycles. The van der Waals surface area contributed by atoms with Crippen molar-refractivity contribution >= 4 is 51.5 Å². The van der Waals surface area contributed by atoms with Gasteiger partial charge in [0.25, 0.3) is 5.91 Å². The van der Waals surface area contributed by atoms with Crippen molar-refractivity contribution in [1.29, 1.82) is 0 Å². The molecule has 0 atom stereocenters. The van der Waals surface area contributed by atoms with Crippen LogP contribution in [-0.4, -0.2) is 35.8 Å². The molecule has 0 radical (unpaired) electrons. The number of rotatable bonds is 6. The Morgan fingerprint density at radius 3 is 2.84 bits per heavy atom. The first-order chi connectivity index (χ1) is 11.6. The molecule has 0 bridgehead atoms. The van der Waals surface area contributed by atoms with Gasteiger partial charge in [0, 0.05) is 17.0 Å². The second kappa shape index (κ2) is 8.67. The van der Waals surface area contributed by atoms with Crippen LogP contribution in [0.15, 0.2) is 30.3 Å². The van der Waals surface area contributed by atoms with Gasteiger partial charge in [-0.1, -0.05) is 17.7 Å². The van der Waals surface area contributed by atoms with Crippen LogP contribution in [0.3, 0.4) is 0 Å². The summed E-state index contributed by atoms with van der Waals surface area (Å²) < 4.78 is 1.85. The van der Waals surface area contributed by atoms with Crippen LogP contribution in [0, 0.1) is 6.92 Å². The third kappa shape index (κ3) is 4.33. The lowest BCUT2D eigenvalue weighted by molar-refractivity contribution is 0.0957. The van der Waals surface area contributed by atoms with Crippen LogP contribution >= 0.6 is 35.3 Å². The number of hydrogen-bond acceptors (Lipinski definition) is 4. The number of carbonyl (C=O) groups excluding carboxylic acids is 1. The molecule has 0 aliphatic heterocycles. The molecule has 0 aliphatic carbocycles. The topological polar surface area (TPSA) is 58.9 Å². The molecule has 0 saturated carbocycles. The molecule has 0 aliphatic rings. The van der Waals surface area contributed by atoms with E-state index in [0.717, 1.165) is 34.6 Å². The number of thiophene rings is 1. The van der Waals surface area contributed by atoms with Crippen LogP contribution in [0.1, 0.15) is 21.8 Å². The zero-order valence-electron chi connectivity index (χ0n) is 14.0. The van der Waals surface area contributed by atoms with E-state index >= 15 is 0 Å². The molecule has 25 heavy (non-hydrogen) atoms. The summed E-state index contributed by atoms with van der Waals surface area (Å²) in [5, 5.41) is 12.3. The Labute approximate surface area is 161 Å². The molecular weight excluding hydrogens is 379 g/mol. The van der Waals surface area contributed by atoms with Crippen LogP contribution < -0.4 is 10.6 Å². The summed E-state index contributed by atoms with van der Waals surface area (Å²) in [6.45, 7) is 3.49. The van der Waals surface area contributed by atoms with Crippen LogP contribution in [0.25, 0.3) is 15.9 Å². The molecule has 3 aromatic rings. The van der Waals surface area contributed by atoms with Gasteiger partial charge in [-0.2, -0.15) is 5.10 Å². The van der Waals surface area contributed by atoms with Crippen molar-refractivity contribution in [2.45, 2.75) is 13.3 Å². The fraction of sp³-hybridized carbons (Fsp3) is 0.294. The maximum atomic E-state index is 12.3. The minimum atomic E-state index is -0.0376. The molecular formula is C17H20Cl2N4OS. The normalized spacial score (nSPS) is 10.7. The Hall–Kier alpha value is -1.60. The van der Waals surface area contributed by atoms with Crippen molar-refractivity contribution in [3.63, 3.8) is 0 Å². The van der Waals surface area contributed by atoms with Gasteiger partial charge in [0.1, 0.15) is 4.83 Å². The molecule has 1 aromatic carbocycles. The van der Waals surface area contributed by atoms with Gasteiger partial charge >= 0.3 is 0 Å². The Balaban J connectivity index is 0.00000225. The van der Waals surface area contributed by atoms with Gasteiger partial charge in [0.15, 0.2) is 0 Å². The highest BCUT2D eigenvalue weighted by Gasteiger charge is 2.17. The summed E-state index contributed by atoms with van der Waals surface area (Å²) in [6.07, 6.45) is 0.905. The molecule has 0 saturated heterocycles. The average Bonchev–Trinajstić information content (AvgIpc) is 3.12. The Morgan fingerprint density at radius 2 is 2.12 bits per heavy atom. The second-order valence-corrected chi connectivity index (χ2v) is 6.99. The number of nitrogens with zero attached hydrogens (tertiary/aromatic N) is 2. The smallest absolute Gasteiger partial charge is 0.261 e. The first-order valence-corrected chi connectivity index (χ1v) is 8.97. The van der Waals surface area contributed by atoms with Crippen molar-refractivity contribution < 1.29 is 4.79 Å². The predicted octanol–water partition coefficient (Wildman–Crippen LogP) is 3.81. The molecule has 0 unspecified atom stereocenters. The van der Waals surface area contributed by atoms with Crippen molar-refractivity contribution in [3.8, 4) is 5.69 Å². The SMILES string of the molecule is CNCCCNC(=O)c1cc2c(C)nn(-c3cccc(Cl)c3)c2s1.Cl. The van der Waals surface area contributed by atoms with E-state index in [0.29, 0.717) is 16.4 Å². The number of halogens is 2. The Morgan fingerprint density at radius 1 is 1.32 bits per heavy atom. The van der Waals surface area contributed by atoms with E-state index in [-0.39, 0.29) is 18.3 Å². The molecule has 2 heterocycles. The lowest BCUT2D eigenvalue weighted by Crippen LogP contribution is -2.25. The quantitative estimate of drug-likeness (QED) is 0.620. The van der Waals surface area contributed by atoms with E-state index in [1.807, 2.05) is 49.0 Å². The zero-order chi connectivity index (χ0) is 17.1. The zero-order valence-corrected chi connectivity index (χ0v) is 16.4. The van der Waals surface area contributed by atoms with E-state index in [1.54, 1.807) is 0 Å². The minimum Gasteiger partial charge on any atom is -0.351 e. The van der Waals surface area contributed by atoms with E-state index < -0.39 is 0 Å². The molecule has 0 spiro atoms. The van der Waals surface area contributed by atoms with Crippen molar-refractivity contribution in [2.75, 3.05) is 20.1 Å². The number of fused-ring (bicyclic) bond motifs is 1. The summed E-state index contributed by atoms with van der Waals surface area (Å²) in [5.74, 6) is -0.0376. The van der Waals surface area contributed by atoms with E-state index in [4.69, 9.17) is 11.6 Å². The summed E-state index contributed by atoms with van der Waals surface area (Å²) in [5.41, 5.74) is 1.79. The van der Waals surface area contributed by atoms with Crippen molar-refractivity contribution in [1.82, 2.24) is 20.4 Å². The number of hydrogen-bond donors (Lipinski definition) is 2. The maximum Gasteiger partial charge on any atom is 0.261 e. The van der Waals surface area contributed by atoms with Crippen LogP contribution in [0.5, 0.6) is 0 Å². The summed E-state index contributed by atoms with van der Waals surface area (Å²) in [7, 11) is 1.90. The average molecular weight is 399 g/mol. The van der Waals surface area contributed by atoms with E-state index in [2.05, 4.69) is 15.7 Å². The fourth-order valence-corrected chi connectivity index (χ4v) is 3.78. The first-order valence-electron chi connectivity index (χ1n) is 7.78. The summed E-state index contributed by atoms with van der Waals surface area (Å²) >= 11 is 7.53. The lowest BCUT2D eigenvalue weighted by Gasteiger charge is -2.03. The van der Waals surface area contributed by atoms with Crippen molar-refractivity contribution in [3.05, 3.63) is 45.9 Å². The monoisotopic (exact) mass is 398 g/mol. The van der Waals surface area contributed by atoms with Crippen LogP contribution in [0.2, 0.25) is 5.02 Å². The number of aryl methyl sites for hydroxylation is 1. The number of benzene rings is 1. The molecule has 134 valence electrons. The van der Waals surface area contributed by atoms with Gasteiger partial charge < -0.3 is 10.6 Å². The first kappa shape index (κ1) is 19.7. The molecule has 8 heteroatoms. The fourth-order valence-electron chi connectivity index (χ4n) is 2.50. The largest absolute Gasteiger partial charge is 0.351 e. The van der Waals surface area contributed by atoms with Crippen LogP contribution in [-0.2, 0) is 0 Å². The lowest BCUT2D eigenvalue weighted by atomic mass is 10.3. The Bertz CT molecular complexity index is 875. The predicted molar refractivity (Wildman–Crippen MR) is 107 cm³/mol. The van der Waals surface area contributed by atoms with Gasteiger partial charge in [-0.25, -0.2) is 4.68 Å². The van der Waals surface area contributed by atoms with Gasteiger partial charge in [-0.05, 0) is 51.2 Å². The highest BCUT2D eigenvalue weighted by molar-refractivity contribution is 7.20. The van der Waals surface area contributed by atoms with Gasteiger partial charge in [-0.15, -0.1) is 23.7 Å². The third-order valence-electron chi connectivity index (χ3n) is 3.71. The molecule has 1 amide bonds. The van der Waals surface area contributed by atoms with E-state index in [1.165, 1.54) is 11.3 Å². The molecule has 2 N–H and O–H groups in total. The number of amides is 1. The number of nitrogens with one attached hydrogen (secondary N) is 2. The third-order valence-corrected chi connectivity index (χ3v) is 5.05. The summed E-state index contributed by atoms with van der Waals surface area (Å²) in [4.78, 5) is 14.0. The molecule has 0 fully saturated rings. The van der Waals surface area contributed by atoms with E-state index in [9.17, 15) is 4.79 Å². The summed E-state index contributed by atoms with van der Waals surface area (Å²) in [6, 6.07) is 9.46. The molecule has 5 nitrogen and oxygen atoms in total. The number of aromatic nitrogens is 2. The molecule has 3 rings (SSSR count). The highest BCUT2D eigenvalue weighted by atomic mass is 35.5. The van der Waals surface area contributed by atoms with Gasteiger partial charge in [-0.3, -0.25) is 4.79 Å². The standard InChI is InChI=1S/C17H19ClN4OS.ClH/c1-11-14-10-15(16(23)20-8-4-7-19-2)24-17(14)22(21-11)13-6-3-5-12(18)9-13;/h3,5-6,9-10,19H,4,7-8H2,1-2H3,(H,20,23);1H. The van der Waals surface area contributed by atoms with Crippen LogP contribution in [0.4, 0.5) is 0 Å². The minimum absolute atomic E-state index is 0. The maximum absolute atomic E-state index is 12.3. The van der Waals surface area contributed by atoms with Crippen molar-refractivity contribution in [2.24, 2.45) is 0 Å². The number of carbonyl (C=O) groups is 1. The highest BCUT2D eigenvalue weighted by Crippen LogP contribution is 2.30. The second-order valence-electron chi connectivity index (χ2n) is 5.52. The van der Waals surface area contributed by atoms with Gasteiger partial charge in [0.2, 0.25) is 0 Å². The Kier molecular flexibility index (Phi) is 6.84.